The van der Waals surface area contributed by atoms with E-state index in [4.69, 9.17) is 10.5 Å². The molecule has 0 bridgehead atoms. The first-order valence-corrected chi connectivity index (χ1v) is 8.63. The van der Waals surface area contributed by atoms with E-state index >= 15 is 0 Å². The topological polar surface area (TPSA) is 77.2 Å². The minimum Gasteiger partial charge on any atom is -0.487 e. The molecule has 1 heterocycles. The molecule has 2 rings (SSSR count). The number of benzene rings is 1. The highest BCUT2D eigenvalue weighted by Crippen LogP contribution is 2.13. The Morgan fingerprint density at radius 1 is 1.22 bits per heavy atom. The van der Waals surface area contributed by atoms with Gasteiger partial charge in [-0.1, -0.05) is 26.0 Å². The second-order valence-electron chi connectivity index (χ2n) is 6.66. The number of hydrogen-bond donors (Lipinski definition) is 2. The van der Waals surface area contributed by atoms with Crippen LogP contribution in [0.25, 0.3) is 0 Å². The molecular weight excluding hydrogens is 385 g/mol. The van der Waals surface area contributed by atoms with Crippen molar-refractivity contribution in [1.29, 1.82) is 0 Å². The van der Waals surface area contributed by atoms with Gasteiger partial charge in [-0.25, -0.2) is 0 Å². The third kappa shape index (κ3) is 8.61. The fourth-order valence-corrected chi connectivity index (χ4v) is 2.56. The van der Waals surface area contributed by atoms with Crippen LogP contribution >= 0.6 is 24.8 Å². The van der Waals surface area contributed by atoms with E-state index in [9.17, 15) is 4.79 Å². The fraction of sp³-hybridized carbons (Fsp3) is 0.400. The molecule has 150 valence electrons. The lowest BCUT2D eigenvalue weighted by Crippen LogP contribution is -2.41. The molecule has 1 atom stereocenters. The van der Waals surface area contributed by atoms with Crippen molar-refractivity contribution in [2.75, 3.05) is 6.54 Å². The smallest absolute Gasteiger partial charge is 0.251 e. The summed E-state index contributed by atoms with van der Waals surface area (Å²) in [4.78, 5) is 16.6. The highest BCUT2D eigenvalue weighted by molar-refractivity contribution is 5.94. The molecule has 0 aliphatic rings. The molecule has 1 amide bonds. The average Bonchev–Trinajstić information content (AvgIpc) is 2.60. The lowest BCUT2D eigenvalue weighted by Gasteiger charge is -2.19. The van der Waals surface area contributed by atoms with Gasteiger partial charge in [0.2, 0.25) is 0 Å². The molecule has 0 saturated heterocycles. The fourth-order valence-electron chi connectivity index (χ4n) is 2.56. The van der Waals surface area contributed by atoms with Crippen LogP contribution in [0, 0.1) is 12.8 Å². The van der Waals surface area contributed by atoms with Crippen LogP contribution in [0.2, 0.25) is 0 Å². The molecule has 0 aliphatic heterocycles. The Morgan fingerprint density at radius 2 is 1.96 bits per heavy atom. The van der Waals surface area contributed by atoms with Crippen molar-refractivity contribution in [3.8, 4) is 5.75 Å². The number of nitrogens with one attached hydrogen (secondary N) is 1. The SMILES string of the molecule is Cc1ccc(OCc2cccc(C(=O)NC(CN)CC(C)C)c2)cn1.Cl.Cl. The Balaban J connectivity index is 0.00000338. The van der Waals surface area contributed by atoms with Crippen molar-refractivity contribution in [1.82, 2.24) is 10.3 Å². The standard InChI is InChI=1S/C20H27N3O2.2ClH/c1-14(2)9-18(11-21)23-20(24)17-6-4-5-16(10-17)13-25-19-8-7-15(3)22-12-19;;/h4-8,10,12,14,18H,9,11,13,21H2,1-3H3,(H,23,24);2*1H. The number of carbonyl (C=O) groups is 1. The number of pyridine rings is 1. The van der Waals surface area contributed by atoms with Crippen LogP contribution in [0.3, 0.4) is 0 Å². The van der Waals surface area contributed by atoms with Gasteiger partial charge < -0.3 is 15.8 Å². The largest absolute Gasteiger partial charge is 0.487 e. The van der Waals surface area contributed by atoms with E-state index < -0.39 is 0 Å². The van der Waals surface area contributed by atoms with Gasteiger partial charge in [-0.3, -0.25) is 9.78 Å². The number of halogens is 2. The predicted molar refractivity (Wildman–Crippen MR) is 114 cm³/mol. The van der Waals surface area contributed by atoms with Gasteiger partial charge in [-0.05, 0) is 49.1 Å². The number of amides is 1. The quantitative estimate of drug-likeness (QED) is 0.687. The highest BCUT2D eigenvalue weighted by atomic mass is 35.5. The minimum atomic E-state index is -0.102. The summed E-state index contributed by atoms with van der Waals surface area (Å²) in [7, 11) is 0. The van der Waals surface area contributed by atoms with Crippen LogP contribution in [0.5, 0.6) is 5.75 Å². The number of aromatic nitrogens is 1. The van der Waals surface area contributed by atoms with E-state index in [0.717, 1.165) is 17.7 Å². The Hall–Kier alpha value is -1.82. The van der Waals surface area contributed by atoms with E-state index in [1.54, 1.807) is 12.3 Å². The van der Waals surface area contributed by atoms with Gasteiger partial charge in [0.1, 0.15) is 12.4 Å². The van der Waals surface area contributed by atoms with Gasteiger partial charge in [0.05, 0.1) is 6.20 Å². The third-order valence-electron chi connectivity index (χ3n) is 3.85. The van der Waals surface area contributed by atoms with E-state index in [2.05, 4.69) is 24.1 Å². The monoisotopic (exact) mass is 413 g/mol. The zero-order valence-electron chi connectivity index (χ0n) is 16.0. The van der Waals surface area contributed by atoms with E-state index in [0.29, 0.717) is 30.4 Å². The maximum Gasteiger partial charge on any atom is 0.251 e. The highest BCUT2D eigenvalue weighted by Gasteiger charge is 2.14. The van der Waals surface area contributed by atoms with Crippen molar-refractivity contribution in [3.05, 3.63) is 59.4 Å². The van der Waals surface area contributed by atoms with E-state index in [1.807, 2.05) is 37.3 Å². The van der Waals surface area contributed by atoms with Gasteiger partial charge in [0.25, 0.3) is 5.91 Å². The lowest BCUT2D eigenvalue weighted by molar-refractivity contribution is 0.0933. The average molecular weight is 414 g/mol. The van der Waals surface area contributed by atoms with Crippen molar-refractivity contribution < 1.29 is 9.53 Å². The zero-order chi connectivity index (χ0) is 18.2. The van der Waals surface area contributed by atoms with E-state index in [1.165, 1.54) is 0 Å². The summed E-state index contributed by atoms with van der Waals surface area (Å²) >= 11 is 0. The summed E-state index contributed by atoms with van der Waals surface area (Å²) in [6, 6.07) is 11.2. The number of nitrogens with two attached hydrogens (primary N) is 1. The van der Waals surface area contributed by atoms with Crippen molar-refractivity contribution >= 4 is 30.7 Å². The Labute approximate surface area is 173 Å². The second-order valence-corrected chi connectivity index (χ2v) is 6.66. The van der Waals surface area contributed by atoms with Gasteiger partial charge in [-0.15, -0.1) is 24.8 Å². The van der Waals surface area contributed by atoms with Crippen molar-refractivity contribution in [2.24, 2.45) is 11.7 Å². The molecule has 2 aromatic rings. The Morgan fingerprint density at radius 3 is 2.56 bits per heavy atom. The molecule has 3 N–H and O–H groups in total. The van der Waals surface area contributed by atoms with Crippen LogP contribution in [0.1, 0.15) is 41.9 Å². The van der Waals surface area contributed by atoms with Gasteiger partial charge in [-0.2, -0.15) is 0 Å². The summed E-state index contributed by atoms with van der Waals surface area (Å²) in [5.41, 5.74) is 8.25. The molecule has 1 aromatic heterocycles. The van der Waals surface area contributed by atoms with E-state index in [-0.39, 0.29) is 36.8 Å². The molecule has 27 heavy (non-hydrogen) atoms. The maximum absolute atomic E-state index is 12.4. The maximum atomic E-state index is 12.4. The van der Waals surface area contributed by atoms with Crippen LogP contribution in [0.15, 0.2) is 42.6 Å². The first-order chi connectivity index (χ1) is 12.0. The molecular formula is C20H29Cl2N3O2. The number of nitrogens with zero attached hydrogens (tertiary/aromatic N) is 1. The number of aryl methyl sites for hydroxylation is 1. The summed E-state index contributed by atoms with van der Waals surface area (Å²) in [5, 5.41) is 3.01. The van der Waals surface area contributed by atoms with Gasteiger partial charge in [0, 0.05) is 23.8 Å². The number of ether oxygens (including phenoxy) is 1. The number of rotatable bonds is 8. The normalized spacial score (nSPS) is 11.1. The summed E-state index contributed by atoms with van der Waals surface area (Å²) in [6.45, 7) is 6.99. The van der Waals surface area contributed by atoms with Crippen LogP contribution < -0.4 is 15.8 Å². The predicted octanol–water partition coefficient (Wildman–Crippen LogP) is 3.92. The summed E-state index contributed by atoms with van der Waals surface area (Å²) < 4.78 is 5.72. The molecule has 1 aromatic carbocycles. The summed E-state index contributed by atoms with van der Waals surface area (Å²) in [5.74, 6) is 1.09. The number of carbonyl (C=O) groups excluding carboxylic acids is 1. The van der Waals surface area contributed by atoms with Gasteiger partial charge in [0.15, 0.2) is 0 Å². The molecule has 0 fully saturated rings. The molecule has 0 radical (unpaired) electrons. The van der Waals surface area contributed by atoms with Crippen LogP contribution in [-0.2, 0) is 6.61 Å². The van der Waals surface area contributed by atoms with Crippen molar-refractivity contribution in [2.45, 2.75) is 39.8 Å². The zero-order valence-corrected chi connectivity index (χ0v) is 17.6. The second kappa shape index (κ2) is 12.5. The minimum absolute atomic E-state index is 0. The van der Waals surface area contributed by atoms with Crippen LogP contribution in [-0.4, -0.2) is 23.5 Å². The first-order valence-electron chi connectivity index (χ1n) is 8.63. The molecule has 5 nitrogen and oxygen atoms in total. The lowest BCUT2D eigenvalue weighted by atomic mass is 10.0. The van der Waals surface area contributed by atoms with Crippen molar-refractivity contribution in [3.63, 3.8) is 0 Å². The molecule has 0 saturated carbocycles. The molecule has 0 spiro atoms. The summed E-state index contributed by atoms with van der Waals surface area (Å²) in [6.07, 6.45) is 2.56. The molecule has 7 heteroatoms. The first kappa shape index (κ1) is 25.2. The van der Waals surface area contributed by atoms with Crippen LogP contribution in [0.4, 0.5) is 0 Å². The number of hydrogen-bond acceptors (Lipinski definition) is 4. The Bertz CT molecular complexity index is 694. The third-order valence-corrected chi connectivity index (χ3v) is 3.85. The molecule has 1 unspecified atom stereocenters. The van der Waals surface area contributed by atoms with Gasteiger partial charge >= 0.3 is 0 Å². The Kier molecular flexibility index (Phi) is 11.7. The molecule has 0 aliphatic carbocycles.